The highest BCUT2D eigenvalue weighted by molar-refractivity contribution is 4.94. The Hall–Kier alpha value is -1.00. The molecule has 0 amide bonds. The molecular weight excluding hydrogens is 188 g/mol. The van der Waals surface area contributed by atoms with Gasteiger partial charge in [-0.25, -0.2) is 0 Å². The lowest BCUT2D eigenvalue weighted by atomic mass is 10.0. The van der Waals surface area contributed by atoms with Crippen LogP contribution in [0.15, 0.2) is 18.6 Å². The summed E-state index contributed by atoms with van der Waals surface area (Å²) in [5.74, 6) is 0. The fourth-order valence-electron chi connectivity index (χ4n) is 1.08. The molecule has 1 N–H and O–H groups in total. The Bertz CT molecular complexity index is 282. The molecule has 0 radical (unpaired) electrons. The molecule has 0 atom stereocenters. The SMILES string of the molecule is CN(C)C(C)(C)CNCc1cnccn1. The molecule has 4 nitrogen and oxygen atoms in total. The summed E-state index contributed by atoms with van der Waals surface area (Å²) in [6.45, 7) is 6.11. The quantitative estimate of drug-likeness (QED) is 0.781. The van der Waals surface area contributed by atoms with Crippen molar-refractivity contribution in [2.24, 2.45) is 0 Å². The molecule has 0 bridgehead atoms. The van der Waals surface area contributed by atoms with Gasteiger partial charge in [-0.05, 0) is 27.9 Å². The summed E-state index contributed by atoms with van der Waals surface area (Å²) < 4.78 is 0. The third-order valence-electron chi connectivity index (χ3n) is 2.69. The minimum Gasteiger partial charge on any atom is -0.309 e. The van der Waals surface area contributed by atoms with Crippen molar-refractivity contribution < 1.29 is 0 Å². The largest absolute Gasteiger partial charge is 0.309 e. The van der Waals surface area contributed by atoms with Crippen LogP contribution >= 0.6 is 0 Å². The summed E-state index contributed by atoms with van der Waals surface area (Å²) in [7, 11) is 4.17. The van der Waals surface area contributed by atoms with E-state index in [-0.39, 0.29) is 5.54 Å². The Kier molecular flexibility index (Phi) is 4.17. The number of hydrogen-bond acceptors (Lipinski definition) is 4. The lowest BCUT2D eigenvalue weighted by Gasteiger charge is -2.32. The maximum Gasteiger partial charge on any atom is 0.0724 e. The van der Waals surface area contributed by atoms with Gasteiger partial charge in [0, 0.05) is 37.2 Å². The number of likely N-dealkylation sites (N-methyl/N-ethyl adjacent to an activating group) is 1. The van der Waals surface area contributed by atoms with E-state index in [1.165, 1.54) is 0 Å². The zero-order valence-electron chi connectivity index (χ0n) is 9.99. The summed E-state index contributed by atoms with van der Waals surface area (Å²) in [4.78, 5) is 10.4. The molecule has 0 saturated heterocycles. The number of rotatable bonds is 5. The Morgan fingerprint density at radius 2 is 2.07 bits per heavy atom. The Balaban J connectivity index is 2.34. The molecule has 84 valence electrons. The minimum absolute atomic E-state index is 0.155. The van der Waals surface area contributed by atoms with Crippen LogP contribution < -0.4 is 5.32 Å². The first-order valence-corrected chi connectivity index (χ1v) is 5.15. The van der Waals surface area contributed by atoms with Gasteiger partial charge in [-0.1, -0.05) is 0 Å². The van der Waals surface area contributed by atoms with E-state index in [0.29, 0.717) is 0 Å². The second-order valence-corrected chi connectivity index (χ2v) is 4.51. The van der Waals surface area contributed by atoms with Crippen molar-refractivity contribution in [2.75, 3.05) is 20.6 Å². The third kappa shape index (κ3) is 3.93. The fraction of sp³-hybridized carbons (Fsp3) is 0.636. The van der Waals surface area contributed by atoms with Crippen LogP contribution in [0.5, 0.6) is 0 Å². The van der Waals surface area contributed by atoms with Crippen LogP contribution in [0.1, 0.15) is 19.5 Å². The predicted molar refractivity (Wildman–Crippen MR) is 61.5 cm³/mol. The monoisotopic (exact) mass is 208 g/mol. The molecule has 0 aliphatic rings. The van der Waals surface area contributed by atoms with E-state index in [1.54, 1.807) is 18.6 Å². The molecule has 0 aliphatic carbocycles. The first-order valence-electron chi connectivity index (χ1n) is 5.15. The smallest absolute Gasteiger partial charge is 0.0724 e. The standard InChI is InChI=1S/C11H20N4/c1-11(2,15(3)4)9-13-8-10-7-12-5-6-14-10/h5-7,13H,8-9H2,1-4H3. The van der Waals surface area contributed by atoms with Gasteiger partial charge < -0.3 is 10.2 Å². The number of nitrogens with one attached hydrogen (secondary N) is 1. The zero-order chi connectivity index (χ0) is 11.3. The van der Waals surface area contributed by atoms with Gasteiger partial charge in [0.25, 0.3) is 0 Å². The summed E-state index contributed by atoms with van der Waals surface area (Å²) in [6, 6.07) is 0. The average Bonchev–Trinajstić information content (AvgIpc) is 2.19. The van der Waals surface area contributed by atoms with Crippen molar-refractivity contribution >= 4 is 0 Å². The molecule has 0 saturated carbocycles. The first kappa shape index (κ1) is 12.1. The maximum absolute atomic E-state index is 4.20. The maximum atomic E-state index is 4.20. The van der Waals surface area contributed by atoms with E-state index in [9.17, 15) is 0 Å². The highest BCUT2D eigenvalue weighted by Gasteiger charge is 2.19. The molecule has 0 spiro atoms. The van der Waals surface area contributed by atoms with Crippen molar-refractivity contribution in [3.63, 3.8) is 0 Å². The number of hydrogen-bond donors (Lipinski definition) is 1. The van der Waals surface area contributed by atoms with Crippen LogP contribution in [0, 0.1) is 0 Å². The number of aromatic nitrogens is 2. The second-order valence-electron chi connectivity index (χ2n) is 4.51. The Morgan fingerprint density at radius 1 is 1.33 bits per heavy atom. The lowest BCUT2D eigenvalue weighted by molar-refractivity contribution is 0.189. The van der Waals surface area contributed by atoms with E-state index in [4.69, 9.17) is 0 Å². The van der Waals surface area contributed by atoms with Crippen LogP contribution in [0.25, 0.3) is 0 Å². The second kappa shape index (κ2) is 5.19. The van der Waals surface area contributed by atoms with Gasteiger partial charge in [0.2, 0.25) is 0 Å². The summed E-state index contributed by atoms with van der Waals surface area (Å²) in [6.07, 6.45) is 5.19. The fourth-order valence-corrected chi connectivity index (χ4v) is 1.08. The van der Waals surface area contributed by atoms with Gasteiger partial charge in [-0.15, -0.1) is 0 Å². The first-order chi connectivity index (χ1) is 7.02. The highest BCUT2D eigenvalue weighted by Crippen LogP contribution is 2.07. The lowest BCUT2D eigenvalue weighted by Crippen LogP contribution is -2.46. The van der Waals surface area contributed by atoms with Crippen molar-refractivity contribution in [3.8, 4) is 0 Å². The molecule has 1 heterocycles. The molecule has 0 aromatic carbocycles. The van der Waals surface area contributed by atoms with Crippen molar-refractivity contribution in [2.45, 2.75) is 25.9 Å². The van der Waals surface area contributed by atoms with Gasteiger partial charge in [0.05, 0.1) is 5.69 Å². The molecule has 1 aromatic rings. The average molecular weight is 208 g/mol. The Morgan fingerprint density at radius 3 is 2.60 bits per heavy atom. The van der Waals surface area contributed by atoms with Crippen molar-refractivity contribution in [3.05, 3.63) is 24.3 Å². The van der Waals surface area contributed by atoms with Gasteiger partial charge >= 0.3 is 0 Å². The highest BCUT2D eigenvalue weighted by atomic mass is 15.2. The molecule has 0 fully saturated rings. The van der Waals surface area contributed by atoms with Crippen molar-refractivity contribution in [1.29, 1.82) is 0 Å². The molecule has 4 heteroatoms. The molecule has 0 unspecified atom stereocenters. The summed E-state index contributed by atoms with van der Waals surface area (Å²) in [5.41, 5.74) is 1.13. The summed E-state index contributed by atoms with van der Waals surface area (Å²) >= 11 is 0. The Labute approximate surface area is 91.7 Å². The van der Waals surface area contributed by atoms with Crippen LogP contribution in [0.2, 0.25) is 0 Å². The van der Waals surface area contributed by atoms with Crippen LogP contribution in [-0.4, -0.2) is 41.0 Å². The van der Waals surface area contributed by atoms with Gasteiger partial charge in [-0.3, -0.25) is 9.97 Å². The molecule has 0 aliphatic heterocycles. The van der Waals surface area contributed by atoms with E-state index < -0.39 is 0 Å². The van der Waals surface area contributed by atoms with E-state index in [2.05, 4.69) is 48.1 Å². The third-order valence-corrected chi connectivity index (χ3v) is 2.69. The topological polar surface area (TPSA) is 41.0 Å². The van der Waals surface area contributed by atoms with E-state index in [1.807, 2.05) is 0 Å². The summed E-state index contributed by atoms with van der Waals surface area (Å²) in [5, 5.41) is 3.38. The molecule has 1 rings (SSSR count). The van der Waals surface area contributed by atoms with Crippen LogP contribution in [-0.2, 0) is 6.54 Å². The van der Waals surface area contributed by atoms with Gasteiger partial charge in [-0.2, -0.15) is 0 Å². The van der Waals surface area contributed by atoms with Gasteiger partial charge in [0.1, 0.15) is 0 Å². The van der Waals surface area contributed by atoms with E-state index >= 15 is 0 Å². The molecule has 1 aromatic heterocycles. The molecule has 15 heavy (non-hydrogen) atoms. The van der Waals surface area contributed by atoms with Crippen molar-refractivity contribution in [1.82, 2.24) is 20.2 Å². The normalized spacial score (nSPS) is 12.1. The predicted octanol–water partition coefficient (Wildman–Crippen LogP) is 0.906. The van der Waals surface area contributed by atoms with Gasteiger partial charge in [0.15, 0.2) is 0 Å². The van der Waals surface area contributed by atoms with Crippen LogP contribution in [0.3, 0.4) is 0 Å². The molecular formula is C11H20N4. The zero-order valence-corrected chi connectivity index (χ0v) is 9.99. The van der Waals surface area contributed by atoms with Crippen LogP contribution in [0.4, 0.5) is 0 Å². The number of nitrogens with zero attached hydrogens (tertiary/aromatic N) is 3. The minimum atomic E-state index is 0.155. The van der Waals surface area contributed by atoms with E-state index in [0.717, 1.165) is 18.8 Å².